The summed E-state index contributed by atoms with van der Waals surface area (Å²) >= 11 is 0. The number of halogens is 1. The van der Waals surface area contributed by atoms with Gasteiger partial charge in [-0.2, -0.15) is 0 Å². The van der Waals surface area contributed by atoms with Gasteiger partial charge in [-0.1, -0.05) is 36.9 Å². The lowest BCUT2D eigenvalue weighted by Crippen LogP contribution is -2.30. The van der Waals surface area contributed by atoms with Crippen molar-refractivity contribution in [3.05, 3.63) is 48.5 Å². The topological polar surface area (TPSA) is 58.6 Å². The van der Waals surface area contributed by atoms with Crippen molar-refractivity contribution in [2.45, 2.75) is 18.6 Å². The Balaban J connectivity index is 0.00000176. The molecule has 3 rings (SSSR count). The van der Waals surface area contributed by atoms with E-state index in [-0.39, 0.29) is 18.5 Å². The van der Waals surface area contributed by atoms with E-state index < -0.39 is 12.0 Å². The number of carboxylic acids is 1. The van der Waals surface area contributed by atoms with Crippen LogP contribution in [0.25, 0.3) is 16.8 Å². The SMILES string of the molecule is C=Cc1cc2ccccc2cc1O[C@H]1CN[C@H](C(=O)O)C1.Cl. The zero-order chi connectivity index (χ0) is 14.8. The summed E-state index contributed by atoms with van der Waals surface area (Å²) in [4.78, 5) is 11.0. The molecule has 22 heavy (non-hydrogen) atoms. The molecule has 0 aliphatic carbocycles. The molecule has 0 spiro atoms. The predicted octanol–water partition coefficient (Wildman–Crippen LogP) is 3.10. The fourth-order valence-corrected chi connectivity index (χ4v) is 2.66. The standard InChI is InChI=1S/C17H17NO3.ClH/c1-2-11-7-12-5-3-4-6-13(12)8-16(11)21-14-9-15(17(19)20)18-10-14;/h2-8,14-15,18H,1,9-10H2,(H,19,20);1H/t14-,15+;/m1./s1. The smallest absolute Gasteiger partial charge is 0.320 e. The van der Waals surface area contributed by atoms with Crippen molar-refractivity contribution >= 4 is 35.2 Å². The third-order valence-electron chi connectivity index (χ3n) is 3.78. The van der Waals surface area contributed by atoms with Gasteiger partial charge >= 0.3 is 5.97 Å². The van der Waals surface area contributed by atoms with Gasteiger partial charge in [-0.25, -0.2) is 0 Å². The van der Waals surface area contributed by atoms with Crippen LogP contribution in [-0.4, -0.2) is 29.8 Å². The largest absolute Gasteiger partial charge is 0.488 e. The van der Waals surface area contributed by atoms with Crippen LogP contribution in [-0.2, 0) is 4.79 Å². The van der Waals surface area contributed by atoms with Crippen molar-refractivity contribution in [2.24, 2.45) is 0 Å². The number of aliphatic carboxylic acids is 1. The molecule has 116 valence electrons. The second-order valence-corrected chi connectivity index (χ2v) is 5.22. The normalized spacial score (nSPS) is 20.4. The molecule has 1 aliphatic heterocycles. The van der Waals surface area contributed by atoms with Gasteiger partial charge in [0.2, 0.25) is 0 Å². The summed E-state index contributed by atoms with van der Waals surface area (Å²) in [6, 6.07) is 11.6. The molecule has 0 amide bonds. The van der Waals surface area contributed by atoms with Crippen LogP contribution in [0.1, 0.15) is 12.0 Å². The molecule has 0 saturated carbocycles. The molecular formula is C17H18ClNO3. The summed E-state index contributed by atoms with van der Waals surface area (Å²) in [5.41, 5.74) is 0.924. The number of benzene rings is 2. The van der Waals surface area contributed by atoms with Gasteiger partial charge in [0.1, 0.15) is 17.9 Å². The van der Waals surface area contributed by atoms with Crippen LogP contribution in [0.5, 0.6) is 5.75 Å². The Labute approximate surface area is 135 Å². The fourth-order valence-electron chi connectivity index (χ4n) is 2.66. The maximum absolute atomic E-state index is 11.0. The third-order valence-corrected chi connectivity index (χ3v) is 3.78. The Morgan fingerprint density at radius 3 is 2.59 bits per heavy atom. The summed E-state index contributed by atoms with van der Waals surface area (Å²) in [5.74, 6) is -0.0786. The van der Waals surface area contributed by atoms with Gasteiger partial charge in [-0.15, -0.1) is 12.4 Å². The van der Waals surface area contributed by atoms with Gasteiger partial charge in [0, 0.05) is 18.5 Å². The molecular weight excluding hydrogens is 302 g/mol. The lowest BCUT2D eigenvalue weighted by Gasteiger charge is -2.16. The van der Waals surface area contributed by atoms with Gasteiger partial charge in [-0.05, 0) is 22.9 Å². The number of rotatable bonds is 4. The molecule has 2 N–H and O–H groups in total. The van der Waals surface area contributed by atoms with E-state index in [1.807, 2.05) is 36.4 Å². The third kappa shape index (κ3) is 3.24. The van der Waals surface area contributed by atoms with E-state index in [1.165, 1.54) is 0 Å². The average Bonchev–Trinajstić information content (AvgIpc) is 2.95. The molecule has 0 bridgehead atoms. The monoisotopic (exact) mass is 319 g/mol. The van der Waals surface area contributed by atoms with Crippen molar-refractivity contribution in [2.75, 3.05) is 6.54 Å². The molecule has 0 unspecified atom stereocenters. The first kappa shape index (κ1) is 16.3. The molecule has 2 atom stereocenters. The Hall–Kier alpha value is -2.04. The molecule has 1 heterocycles. The van der Waals surface area contributed by atoms with Gasteiger partial charge < -0.3 is 15.2 Å². The number of carboxylic acid groups (broad SMARTS) is 1. The number of nitrogens with one attached hydrogen (secondary N) is 1. The highest BCUT2D eigenvalue weighted by Gasteiger charge is 2.30. The second kappa shape index (κ2) is 6.81. The molecule has 1 fully saturated rings. The van der Waals surface area contributed by atoms with E-state index in [2.05, 4.69) is 11.9 Å². The number of hydrogen-bond acceptors (Lipinski definition) is 3. The highest BCUT2D eigenvalue weighted by Crippen LogP contribution is 2.29. The van der Waals surface area contributed by atoms with E-state index in [0.29, 0.717) is 13.0 Å². The molecule has 1 aliphatic rings. The second-order valence-electron chi connectivity index (χ2n) is 5.22. The molecule has 2 aromatic carbocycles. The minimum absolute atomic E-state index is 0. The Bertz CT molecular complexity index is 701. The van der Waals surface area contributed by atoms with Crippen LogP contribution in [0.2, 0.25) is 0 Å². The van der Waals surface area contributed by atoms with Crippen LogP contribution in [0.15, 0.2) is 43.0 Å². The van der Waals surface area contributed by atoms with E-state index in [1.54, 1.807) is 6.08 Å². The number of carbonyl (C=O) groups is 1. The summed E-state index contributed by atoms with van der Waals surface area (Å²) in [7, 11) is 0. The first-order valence-electron chi connectivity index (χ1n) is 6.95. The molecule has 0 aromatic heterocycles. The van der Waals surface area contributed by atoms with Crippen LogP contribution in [0.3, 0.4) is 0 Å². The molecule has 0 radical (unpaired) electrons. The molecule has 4 nitrogen and oxygen atoms in total. The van der Waals surface area contributed by atoms with E-state index in [9.17, 15) is 4.79 Å². The summed E-state index contributed by atoms with van der Waals surface area (Å²) in [5, 5.41) is 14.2. The maximum atomic E-state index is 11.0. The zero-order valence-electron chi connectivity index (χ0n) is 12.0. The zero-order valence-corrected chi connectivity index (χ0v) is 12.8. The Morgan fingerprint density at radius 1 is 1.32 bits per heavy atom. The van der Waals surface area contributed by atoms with Crippen molar-refractivity contribution in [1.82, 2.24) is 5.32 Å². The highest BCUT2D eigenvalue weighted by atomic mass is 35.5. The maximum Gasteiger partial charge on any atom is 0.320 e. The van der Waals surface area contributed by atoms with Crippen molar-refractivity contribution in [3.8, 4) is 5.75 Å². The average molecular weight is 320 g/mol. The van der Waals surface area contributed by atoms with Gasteiger partial charge in [0.15, 0.2) is 0 Å². The minimum atomic E-state index is -0.830. The lowest BCUT2D eigenvalue weighted by molar-refractivity contribution is -0.139. The van der Waals surface area contributed by atoms with Crippen LogP contribution >= 0.6 is 12.4 Å². The minimum Gasteiger partial charge on any atom is -0.488 e. The molecule has 2 aromatic rings. The van der Waals surface area contributed by atoms with Gasteiger partial charge in [-0.3, -0.25) is 4.79 Å². The predicted molar refractivity (Wildman–Crippen MR) is 89.7 cm³/mol. The first-order valence-corrected chi connectivity index (χ1v) is 6.95. The summed E-state index contributed by atoms with van der Waals surface area (Å²) in [6.45, 7) is 4.37. The summed E-state index contributed by atoms with van der Waals surface area (Å²) < 4.78 is 5.99. The quantitative estimate of drug-likeness (QED) is 0.909. The number of ether oxygens (including phenoxy) is 1. The van der Waals surface area contributed by atoms with Crippen LogP contribution in [0.4, 0.5) is 0 Å². The van der Waals surface area contributed by atoms with Crippen LogP contribution in [0, 0.1) is 0 Å². The van der Waals surface area contributed by atoms with E-state index in [0.717, 1.165) is 22.1 Å². The lowest BCUT2D eigenvalue weighted by atomic mass is 10.1. The Kier molecular flexibility index (Phi) is 5.06. The molecule has 5 heteroatoms. The Morgan fingerprint density at radius 2 is 2.00 bits per heavy atom. The van der Waals surface area contributed by atoms with Gasteiger partial charge in [0.25, 0.3) is 0 Å². The highest BCUT2D eigenvalue weighted by molar-refractivity contribution is 5.87. The van der Waals surface area contributed by atoms with Crippen molar-refractivity contribution in [1.29, 1.82) is 0 Å². The fraction of sp³-hybridized carbons (Fsp3) is 0.235. The first-order chi connectivity index (χ1) is 10.2. The summed E-state index contributed by atoms with van der Waals surface area (Å²) in [6.07, 6.45) is 2.10. The molecule has 1 saturated heterocycles. The van der Waals surface area contributed by atoms with Crippen molar-refractivity contribution in [3.63, 3.8) is 0 Å². The van der Waals surface area contributed by atoms with E-state index >= 15 is 0 Å². The number of fused-ring (bicyclic) bond motifs is 1. The van der Waals surface area contributed by atoms with Gasteiger partial charge in [0.05, 0.1) is 0 Å². The van der Waals surface area contributed by atoms with Crippen LogP contribution < -0.4 is 10.1 Å². The van der Waals surface area contributed by atoms with E-state index in [4.69, 9.17) is 9.84 Å². The van der Waals surface area contributed by atoms with Crippen molar-refractivity contribution < 1.29 is 14.6 Å². The number of hydrogen-bond donors (Lipinski definition) is 2.